The molecule has 0 saturated carbocycles. The number of hydrogen-bond donors (Lipinski definition) is 2. The van der Waals surface area contributed by atoms with Gasteiger partial charge in [0.1, 0.15) is 6.61 Å². The van der Waals surface area contributed by atoms with Crippen molar-refractivity contribution in [1.29, 1.82) is 0 Å². The number of carbonyl (C=O) groups is 2. The number of thiol groups is 1. The van der Waals surface area contributed by atoms with Crippen LogP contribution in [0.1, 0.15) is 48.0 Å². The van der Waals surface area contributed by atoms with E-state index >= 15 is 0 Å². The zero-order chi connectivity index (χ0) is 16.0. The molecule has 0 saturated heterocycles. The van der Waals surface area contributed by atoms with Crippen LogP contribution in [0.4, 0.5) is 4.79 Å². The summed E-state index contributed by atoms with van der Waals surface area (Å²) in [6.07, 6.45) is 0.0907. The van der Waals surface area contributed by atoms with E-state index < -0.39 is 6.09 Å². The lowest BCUT2D eigenvalue weighted by atomic mass is 9.72. The first-order chi connectivity index (χ1) is 8.97. The Balaban J connectivity index is 4.40. The van der Waals surface area contributed by atoms with Crippen molar-refractivity contribution in [3.05, 3.63) is 0 Å². The highest BCUT2D eigenvalue weighted by atomic mass is 32.1. The van der Waals surface area contributed by atoms with Gasteiger partial charge in [-0.15, -0.1) is 0 Å². The second-order valence-corrected chi connectivity index (χ2v) is 7.34. The molecular formula is C14H27NO4S. The molecule has 0 aliphatic carbocycles. The van der Waals surface area contributed by atoms with Crippen molar-refractivity contribution in [3.63, 3.8) is 0 Å². The molecule has 0 fully saturated rings. The van der Waals surface area contributed by atoms with Crippen molar-refractivity contribution in [2.75, 3.05) is 13.2 Å². The van der Waals surface area contributed by atoms with E-state index in [1.54, 1.807) is 0 Å². The Morgan fingerprint density at radius 1 is 1.15 bits per heavy atom. The van der Waals surface area contributed by atoms with Crippen LogP contribution in [-0.4, -0.2) is 25.2 Å². The summed E-state index contributed by atoms with van der Waals surface area (Å²) < 4.78 is 9.37. The summed E-state index contributed by atoms with van der Waals surface area (Å²) >= 11 is 3.36. The Labute approximate surface area is 127 Å². The summed E-state index contributed by atoms with van der Waals surface area (Å²) in [5.41, 5.74) is -0.118. The van der Waals surface area contributed by atoms with Crippen LogP contribution in [0.25, 0.3) is 0 Å². The molecule has 0 aromatic carbocycles. The van der Waals surface area contributed by atoms with Crippen molar-refractivity contribution < 1.29 is 18.5 Å². The van der Waals surface area contributed by atoms with Gasteiger partial charge in [-0.2, -0.15) is 0 Å². The summed E-state index contributed by atoms with van der Waals surface area (Å²) in [4.78, 5) is 23.0. The number of carbonyl (C=O) groups excluding carboxylic acids is 2. The number of ether oxygens (including phenoxy) is 1. The molecule has 0 aliphatic rings. The molecule has 0 rings (SSSR count). The Morgan fingerprint density at radius 3 is 2.10 bits per heavy atom. The van der Waals surface area contributed by atoms with Crippen molar-refractivity contribution in [2.45, 2.75) is 48.0 Å². The van der Waals surface area contributed by atoms with Crippen molar-refractivity contribution in [1.82, 2.24) is 5.32 Å². The molecule has 0 spiro atoms. The first kappa shape index (κ1) is 19.1. The van der Waals surface area contributed by atoms with Gasteiger partial charge in [-0.25, -0.2) is 4.79 Å². The van der Waals surface area contributed by atoms with E-state index in [0.717, 1.165) is 6.42 Å². The van der Waals surface area contributed by atoms with Gasteiger partial charge in [0, 0.05) is 12.9 Å². The minimum absolute atomic E-state index is 0.0467. The molecule has 118 valence electrons. The maximum atomic E-state index is 12.2. The third-order valence-corrected chi connectivity index (χ3v) is 3.01. The predicted octanol–water partition coefficient (Wildman–Crippen LogP) is 3.20. The predicted molar refractivity (Wildman–Crippen MR) is 81.4 cm³/mol. The van der Waals surface area contributed by atoms with E-state index in [0.29, 0.717) is 0 Å². The van der Waals surface area contributed by atoms with Crippen LogP contribution >= 0.6 is 12.9 Å². The summed E-state index contributed by atoms with van der Waals surface area (Å²) in [7, 11) is 0. The molecule has 0 bridgehead atoms. The van der Waals surface area contributed by atoms with Crippen molar-refractivity contribution >= 4 is 25.0 Å². The quantitative estimate of drug-likeness (QED) is 0.354. The van der Waals surface area contributed by atoms with Gasteiger partial charge in [0.2, 0.25) is 0 Å². The lowest BCUT2D eigenvalue weighted by molar-refractivity contribution is -0.153. The van der Waals surface area contributed by atoms with Crippen LogP contribution in [0.2, 0.25) is 0 Å². The Kier molecular flexibility index (Phi) is 7.41. The molecule has 5 nitrogen and oxygen atoms in total. The Morgan fingerprint density at radius 2 is 1.70 bits per heavy atom. The molecular weight excluding hydrogens is 278 g/mol. The maximum Gasteiger partial charge on any atom is 0.419 e. The zero-order valence-corrected chi connectivity index (χ0v) is 14.2. The molecule has 6 heteroatoms. The van der Waals surface area contributed by atoms with Crippen LogP contribution in [0.15, 0.2) is 0 Å². The van der Waals surface area contributed by atoms with Gasteiger partial charge in [0.15, 0.2) is 0 Å². The van der Waals surface area contributed by atoms with Gasteiger partial charge < -0.3 is 14.2 Å². The first-order valence-corrected chi connectivity index (χ1v) is 7.10. The van der Waals surface area contributed by atoms with Crippen LogP contribution in [0, 0.1) is 16.7 Å². The normalized spacial score (nSPS) is 13.6. The SMILES string of the molecule is CC(C)(C)CC(C(=O)OCCNC(=O)OS)C(C)(C)C. The second-order valence-electron chi connectivity index (χ2n) is 7.16. The number of nitrogens with one attached hydrogen (secondary N) is 1. The second kappa shape index (κ2) is 7.76. The fourth-order valence-electron chi connectivity index (χ4n) is 1.79. The molecule has 0 aliphatic heterocycles. The smallest absolute Gasteiger partial charge is 0.419 e. The van der Waals surface area contributed by atoms with Gasteiger partial charge in [0.25, 0.3) is 0 Å². The molecule has 0 heterocycles. The molecule has 0 aromatic rings. The van der Waals surface area contributed by atoms with Gasteiger partial charge >= 0.3 is 12.1 Å². The molecule has 0 radical (unpaired) electrons. The van der Waals surface area contributed by atoms with E-state index in [1.165, 1.54) is 0 Å². The van der Waals surface area contributed by atoms with Crippen molar-refractivity contribution in [2.24, 2.45) is 16.7 Å². The van der Waals surface area contributed by atoms with Crippen LogP contribution in [0.5, 0.6) is 0 Å². The average molecular weight is 305 g/mol. The summed E-state index contributed by atoms with van der Waals surface area (Å²) in [6, 6.07) is 0. The number of esters is 1. The fraction of sp³-hybridized carbons (Fsp3) is 0.857. The van der Waals surface area contributed by atoms with Gasteiger partial charge in [-0.3, -0.25) is 4.79 Å². The highest BCUT2D eigenvalue weighted by molar-refractivity contribution is 7.75. The highest BCUT2D eigenvalue weighted by Crippen LogP contribution is 2.36. The zero-order valence-electron chi connectivity index (χ0n) is 13.3. The molecule has 1 N–H and O–H groups in total. The minimum atomic E-state index is -0.661. The summed E-state index contributed by atoms with van der Waals surface area (Å²) in [5, 5.41) is 2.40. The third-order valence-electron chi connectivity index (χ3n) is 2.85. The number of hydrogen-bond acceptors (Lipinski definition) is 5. The third kappa shape index (κ3) is 8.30. The first-order valence-electron chi connectivity index (χ1n) is 6.73. The Bertz CT molecular complexity index is 331. The molecule has 1 amide bonds. The van der Waals surface area contributed by atoms with E-state index in [2.05, 4.69) is 43.2 Å². The van der Waals surface area contributed by atoms with Crippen molar-refractivity contribution in [3.8, 4) is 0 Å². The summed E-state index contributed by atoms with van der Waals surface area (Å²) in [5.74, 6) is -0.409. The van der Waals surface area contributed by atoms with Crippen LogP contribution in [0.3, 0.4) is 0 Å². The minimum Gasteiger partial charge on any atom is -0.464 e. The standard InChI is InChI=1S/C14H27NO4S/c1-13(2,3)9-10(14(4,5)6)11(16)18-8-7-15-12(17)19-20/h10,20H,7-9H2,1-6H3,(H,15,17). The number of amides is 1. The van der Waals surface area contributed by atoms with Crippen LogP contribution in [-0.2, 0) is 13.7 Å². The van der Waals surface area contributed by atoms with Gasteiger partial charge in [-0.05, 0) is 17.3 Å². The average Bonchev–Trinajstić information content (AvgIpc) is 2.28. The van der Waals surface area contributed by atoms with Crippen LogP contribution < -0.4 is 5.32 Å². The monoisotopic (exact) mass is 305 g/mol. The van der Waals surface area contributed by atoms with E-state index in [1.807, 2.05) is 20.8 Å². The van der Waals surface area contributed by atoms with Gasteiger partial charge in [0.05, 0.1) is 12.5 Å². The maximum absolute atomic E-state index is 12.2. The van der Waals surface area contributed by atoms with E-state index in [9.17, 15) is 9.59 Å². The molecule has 20 heavy (non-hydrogen) atoms. The molecule has 1 atom stereocenters. The van der Waals surface area contributed by atoms with Gasteiger partial charge in [-0.1, -0.05) is 41.5 Å². The van der Waals surface area contributed by atoms with E-state index in [-0.39, 0.29) is 35.9 Å². The van der Waals surface area contributed by atoms with E-state index in [4.69, 9.17) is 4.74 Å². The number of rotatable bonds is 5. The summed E-state index contributed by atoms with van der Waals surface area (Å²) in [6.45, 7) is 12.7. The Hall–Kier alpha value is -0.910. The topological polar surface area (TPSA) is 64.6 Å². The molecule has 1 unspecified atom stereocenters. The largest absolute Gasteiger partial charge is 0.464 e. The fourth-order valence-corrected chi connectivity index (χ4v) is 1.86. The highest BCUT2D eigenvalue weighted by Gasteiger charge is 2.35. The lowest BCUT2D eigenvalue weighted by Crippen LogP contribution is -2.35. The molecule has 0 aromatic heterocycles. The lowest BCUT2D eigenvalue weighted by Gasteiger charge is -2.33.